The van der Waals surface area contributed by atoms with Crippen LogP contribution >= 0.6 is 0 Å². The highest BCUT2D eigenvalue weighted by Gasteiger charge is 2.44. The van der Waals surface area contributed by atoms with Crippen LogP contribution < -0.4 is 16.8 Å². The fourth-order valence-corrected chi connectivity index (χ4v) is 2.99. The predicted octanol–water partition coefficient (Wildman–Crippen LogP) is 2.25. The molecule has 2 atom stereocenters. The van der Waals surface area contributed by atoms with Crippen molar-refractivity contribution in [2.24, 2.45) is 32.8 Å². The van der Waals surface area contributed by atoms with Gasteiger partial charge in [-0.2, -0.15) is 18.2 Å². The fraction of sp³-hybridized carbons (Fsp3) is 0.714. The molecule has 1 aliphatic carbocycles. The minimum absolute atomic E-state index is 0.0431. The molecular formula is C14H22F3N5. The van der Waals surface area contributed by atoms with E-state index in [4.69, 9.17) is 11.5 Å². The van der Waals surface area contributed by atoms with E-state index < -0.39 is 17.9 Å². The van der Waals surface area contributed by atoms with Gasteiger partial charge in [-0.25, -0.2) is 4.99 Å². The van der Waals surface area contributed by atoms with Gasteiger partial charge in [-0.15, -0.1) is 0 Å². The Hall–Kier alpha value is -1.73. The van der Waals surface area contributed by atoms with E-state index in [-0.39, 0.29) is 23.3 Å². The zero-order valence-electron chi connectivity index (χ0n) is 13.0. The van der Waals surface area contributed by atoms with Crippen LogP contribution in [0.4, 0.5) is 13.2 Å². The van der Waals surface area contributed by atoms with Crippen molar-refractivity contribution in [1.29, 1.82) is 0 Å². The number of nitrogens with two attached hydrogens (primary N) is 2. The zero-order chi connectivity index (χ0) is 16.7. The molecule has 0 saturated heterocycles. The van der Waals surface area contributed by atoms with Crippen molar-refractivity contribution in [1.82, 2.24) is 5.32 Å². The third-order valence-electron chi connectivity index (χ3n) is 4.24. The number of allylic oxidation sites excluding steroid dienone is 1. The second-order valence-corrected chi connectivity index (χ2v) is 6.87. The average molecular weight is 317 g/mol. The maximum atomic E-state index is 13.4. The molecule has 1 fully saturated rings. The van der Waals surface area contributed by atoms with Gasteiger partial charge in [0.2, 0.25) is 5.96 Å². The molecule has 1 aliphatic heterocycles. The third kappa shape index (κ3) is 3.53. The Morgan fingerprint density at radius 2 is 1.86 bits per heavy atom. The number of fused-ring (bicyclic) bond motifs is 1. The van der Waals surface area contributed by atoms with Crippen molar-refractivity contribution in [2.45, 2.75) is 52.3 Å². The molecule has 1 unspecified atom stereocenters. The Kier molecular flexibility index (Phi) is 4.14. The van der Waals surface area contributed by atoms with Crippen molar-refractivity contribution in [2.75, 3.05) is 0 Å². The van der Waals surface area contributed by atoms with Crippen LogP contribution in [-0.2, 0) is 0 Å². The third-order valence-corrected chi connectivity index (χ3v) is 4.24. The number of alkyl halides is 3. The predicted molar refractivity (Wildman–Crippen MR) is 80.0 cm³/mol. The van der Waals surface area contributed by atoms with Gasteiger partial charge < -0.3 is 16.8 Å². The summed E-state index contributed by atoms with van der Waals surface area (Å²) >= 11 is 0. The maximum Gasteiger partial charge on any atom is 0.431 e. The first-order chi connectivity index (χ1) is 9.98. The number of halogens is 3. The SMILES string of the molecule is CC(C)(C)[C@@H]1CCC2N=C(N=C(N)N)NC(C(F)(F)F)=C2C1. The smallest absolute Gasteiger partial charge is 0.370 e. The molecule has 0 amide bonds. The molecule has 124 valence electrons. The standard InChI is InChI=1S/C14H22F3N5/c1-13(2,3)7-4-5-9-8(6-7)10(14(15,16)17)21-12(20-9)22-11(18)19/h7,9H,4-6H2,1-3H3,(H5,18,19,20,21,22)/t7-,9?/m1/s1. The Labute approximate surface area is 127 Å². The number of nitrogens with one attached hydrogen (secondary N) is 1. The lowest BCUT2D eigenvalue weighted by Gasteiger charge is -2.40. The summed E-state index contributed by atoms with van der Waals surface area (Å²) in [6.07, 6.45) is -2.69. The van der Waals surface area contributed by atoms with E-state index >= 15 is 0 Å². The molecule has 1 heterocycles. The lowest BCUT2D eigenvalue weighted by molar-refractivity contribution is -0.0970. The molecule has 22 heavy (non-hydrogen) atoms. The first kappa shape index (κ1) is 16.6. The van der Waals surface area contributed by atoms with E-state index in [1.807, 2.05) is 0 Å². The van der Waals surface area contributed by atoms with Gasteiger partial charge in [0.05, 0.1) is 6.04 Å². The van der Waals surface area contributed by atoms with Crippen molar-refractivity contribution in [3.63, 3.8) is 0 Å². The second-order valence-electron chi connectivity index (χ2n) is 6.87. The summed E-state index contributed by atoms with van der Waals surface area (Å²) in [5.74, 6) is -0.299. The molecular weight excluding hydrogens is 295 g/mol. The van der Waals surface area contributed by atoms with Crippen LogP contribution in [-0.4, -0.2) is 24.1 Å². The van der Waals surface area contributed by atoms with Crippen LogP contribution in [0.3, 0.4) is 0 Å². The largest absolute Gasteiger partial charge is 0.431 e. The van der Waals surface area contributed by atoms with E-state index in [1.54, 1.807) is 0 Å². The van der Waals surface area contributed by atoms with Crippen LogP contribution in [0.15, 0.2) is 21.3 Å². The Bertz CT molecular complexity index is 536. The van der Waals surface area contributed by atoms with E-state index in [1.165, 1.54) is 0 Å². The number of rotatable bonds is 0. The first-order valence-electron chi connectivity index (χ1n) is 7.23. The summed E-state index contributed by atoms with van der Waals surface area (Å²) < 4.78 is 40.1. The quantitative estimate of drug-likeness (QED) is 0.473. The summed E-state index contributed by atoms with van der Waals surface area (Å²) in [4.78, 5) is 7.86. The highest BCUT2D eigenvalue weighted by Crippen LogP contribution is 2.44. The molecule has 0 aromatic rings. The summed E-state index contributed by atoms with van der Waals surface area (Å²) in [5.41, 5.74) is 9.98. The van der Waals surface area contributed by atoms with E-state index in [0.29, 0.717) is 18.4 Å². The molecule has 5 nitrogen and oxygen atoms in total. The summed E-state index contributed by atoms with van der Waals surface area (Å²) in [6.45, 7) is 6.16. The van der Waals surface area contributed by atoms with Crippen LogP contribution in [0.25, 0.3) is 0 Å². The van der Waals surface area contributed by atoms with E-state index in [0.717, 1.165) is 6.42 Å². The normalized spacial score (nSPS) is 26.0. The van der Waals surface area contributed by atoms with Crippen LogP contribution in [0.2, 0.25) is 0 Å². The molecule has 0 aromatic heterocycles. The molecule has 0 bridgehead atoms. The Morgan fingerprint density at radius 1 is 1.23 bits per heavy atom. The molecule has 1 saturated carbocycles. The van der Waals surface area contributed by atoms with E-state index in [9.17, 15) is 13.2 Å². The van der Waals surface area contributed by atoms with Gasteiger partial charge in [-0.1, -0.05) is 20.8 Å². The monoisotopic (exact) mass is 317 g/mol. The number of hydrogen-bond donors (Lipinski definition) is 3. The Morgan fingerprint density at radius 3 is 2.36 bits per heavy atom. The number of nitrogens with zero attached hydrogens (tertiary/aromatic N) is 2. The van der Waals surface area contributed by atoms with Crippen LogP contribution in [0.1, 0.15) is 40.0 Å². The minimum atomic E-state index is -4.48. The topological polar surface area (TPSA) is 88.8 Å². The molecule has 5 N–H and O–H groups in total. The van der Waals surface area contributed by atoms with Gasteiger partial charge in [0.1, 0.15) is 5.70 Å². The lowest BCUT2D eigenvalue weighted by Crippen LogP contribution is -2.42. The van der Waals surface area contributed by atoms with Gasteiger partial charge in [0.15, 0.2) is 5.96 Å². The van der Waals surface area contributed by atoms with Gasteiger partial charge in [0, 0.05) is 0 Å². The fourth-order valence-electron chi connectivity index (χ4n) is 2.99. The highest BCUT2D eigenvalue weighted by molar-refractivity contribution is 5.95. The highest BCUT2D eigenvalue weighted by atomic mass is 19.4. The summed E-state index contributed by atoms with van der Waals surface area (Å²) in [7, 11) is 0. The average Bonchev–Trinajstić information content (AvgIpc) is 2.34. The Balaban J connectivity index is 2.38. The molecule has 8 heteroatoms. The number of guanidine groups is 2. The van der Waals surface area contributed by atoms with E-state index in [2.05, 4.69) is 36.1 Å². The molecule has 0 aromatic carbocycles. The molecule has 0 radical (unpaired) electrons. The minimum Gasteiger partial charge on any atom is -0.370 e. The van der Waals surface area contributed by atoms with Gasteiger partial charge >= 0.3 is 6.18 Å². The molecule has 2 aliphatic rings. The first-order valence-corrected chi connectivity index (χ1v) is 7.23. The van der Waals surface area contributed by atoms with Crippen molar-refractivity contribution in [3.05, 3.63) is 11.3 Å². The van der Waals surface area contributed by atoms with Gasteiger partial charge in [0.25, 0.3) is 0 Å². The van der Waals surface area contributed by atoms with Crippen molar-refractivity contribution < 1.29 is 13.2 Å². The zero-order valence-corrected chi connectivity index (χ0v) is 13.0. The van der Waals surface area contributed by atoms with Crippen LogP contribution in [0.5, 0.6) is 0 Å². The summed E-state index contributed by atoms with van der Waals surface area (Å²) in [5, 5.41) is 2.25. The van der Waals surface area contributed by atoms with Gasteiger partial charge in [-0.05, 0) is 36.2 Å². The van der Waals surface area contributed by atoms with Crippen LogP contribution in [0, 0.1) is 11.3 Å². The van der Waals surface area contributed by atoms with Crippen molar-refractivity contribution in [3.8, 4) is 0 Å². The maximum absolute atomic E-state index is 13.4. The summed E-state index contributed by atoms with van der Waals surface area (Å²) in [6, 6.07) is -0.505. The number of aliphatic imine (C=N–C) groups is 2. The molecule has 2 rings (SSSR count). The number of hydrogen-bond acceptors (Lipinski definition) is 3. The lowest BCUT2D eigenvalue weighted by atomic mass is 9.69. The second kappa shape index (κ2) is 5.48. The van der Waals surface area contributed by atoms with Crippen molar-refractivity contribution >= 4 is 11.9 Å². The molecule has 0 spiro atoms. The van der Waals surface area contributed by atoms with Gasteiger partial charge in [-0.3, -0.25) is 0 Å².